The lowest BCUT2D eigenvalue weighted by molar-refractivity contribution is 0.346. The van der Waals surface area contributed by atoms with E-state index in [0.717, 1.165) is 40.0 Å². The Bertz CT molecular complexity index is 2300. The van der Waals surface area contributed by atoms with Crippen molar-refractivity contribution < 1.29 is 4.42 Å². The van der Waals surface area contributed by atoms with Crippen LogP contribution in [-0.4, -0.2) is 0 Å². The third-order valence-corrected chi connectivity index (χ3v) is 12.9. The predicted molar refractivity (Wildman–Crippen MR) is 212 cm³/mol. The van der Waals surface area contributed by atoms with Crippen LogP contribution in [-0.2, 0) is 5.41 Å². The molecule has 0 amide bonds. The molecule has 0 N–H and O–H groups in total. The maximum atomic E-state index is 6.48. The third-order valence-electron chi connectivity index (χ3n) is 12.9. The van der Waals surface area contributed by atoms with Gasteiger partial charge < -0.3 is 9.32 Å². The summed E-state index contributed by atoms with van der Waals surface area (Å²) in [7, 11) is 0. The zero-order valence-electron chi connectivity index (χ0n) is 29.3. The second-order valence-corrected chi connectivity index (χ2v) is 15.6. The minimum absolute atomic E-state index is 0.0770. The van der Waals surface area contributed by atoms with Crippen molar-refractivity contribution >= 4 is 39.0 Å². The molecular weight excluding hydrogens is 619 g/mol. The van der Waals surface area contributed by atoms with Crippen molar-refractivity contribution in [2.24, 2.45) is 11.8 Å². The van der Waals surface area contributed by atoms with Gasteiger partial charge in [0.25, 0.3) is 0 Å². The number of hydrogen-bond donors (Lipinski definition) is 0. The van der Waals surface area contributed by atoms with Gasteiger partial charge in [-0.3, -0.25) is 0 Å². The Morgan fingerprint density at radius 3 is 1.94 bits per heavy atom. The fraction of sp³-hybridized carbons (Fsp3) is 0.265. The molecule has 0 saturated heterocycles. The lowest BCUT2D eigenvalue weighted by Crippen LogP contribution is -2.30. The van der Waals surface area contributed by atoms with Gasteiger partial charge in [-0.2, -0.15) is 0 Å². The van der Waals surface area contributed by atoms with Crippen molar-refractivity contribution in [3.63, 3.8) is 0 Å². The van der Waals surface area contributed by atoms with E-state index in [4.69, 9.17) is 4.42 Å². The maximum Gasteiger partial charge on any atom is 0.136 e. The minimum Gasteiger partial charge on any atom is -0.456 e. The molecular formula is C49H45NO. The molecule has 0 aliphatic heterocycles. The normalized spacial score (nSPS) is 21.0. The van der Waals surface area contributed by atoms with Crippen LogP contribution in [0.3, 0.4) is 0 Å². The van der Waals surface area contributed by atoms with Crippen molar-refractivity contribution in [1.29, 1.82) is 0 Å². The first kappa shape index (κ1) is 30.7. The first-order valence-electron chi connectivity index (χ1n) is 19.3. The molecule has 3 atom stereocenters. The Kier molecular flexibility index (Phi) is 7.59. The predicted octanol–water partition coefficient (Wildman–Crippen LogP) is 13.9. The second kappa shape index (κ2) is 12.6. The van der Waals surface area contributed by atoms with Crippen LogP contribution in [0.4, 0.5) is 17.1 Å². The highest BCUT2D eigenvalue weighted by Gasteiger charge is 2.40. The number of hydrogen-bond acceptors (Lipinski definition) is 2. The second-order valence-electron chi connectivity index (χ2n) is 15.6. The van der Waals surface area contributed by atoms with Crippen LogP contribution in [0.5, 0.6) is 0 Å². The Morgan fingerprint density at radius 2 is 1.24 bits per heavy atom. The van der Waals surface area contributed by atoms with Crippen LogP contribution < -0.4 is 4.90 Å². The molecule has 252 valence electrons. The number of anilines is 3. The molecule has 51 heavy (non-hydrogen) atoms. The molecule has 2 heteroatoms. The number of benzene rings is 6. The van der Waals surface area contributed by atoms with Gasteiger partial charge in [-0.05, 0) is 126 Å². The summed E-state index contributed by atoms with van der Waals surface area (Å²) >= 11 is 0. The lowest BCUT2D eigenvalue weighted by atomic mass is 9.65. The van der Waals surface area contributed by atoms with Gasteiger partial charge in [0.15, 0.2) is 0 Å². The molecule has 3 aliphatic rings. The molecule has 1 heterocycles. The van der Waals surface area contributed by atoms with Crippen LogP contribution in [0, 0.1) is 11.8 Å². The monoisotopic (exact) mass is 663 g/mol. The Labute approximate surface area is 301 Å². The molecule has 3 fully saturated rings. The summed E-state index contributed by atoms with van der Waals surface area (Å²) in [6.07, 6.45) is 11.9. The number of rotatable bonds is 7. The van der Waals surface area contributed by atoms with E-state index in [1.165, 1.54) is 102 Å². The van der Waals surface area contributed by atoms with E-state index in [-0.39, 0.29) is 5.41 Å². The zero-order chi connectivity index (χ0) is 33.8. The fourth-order valence-corrected chi connectivity index (χ4v) is 10.4. The molecule has 2 nitrogen and oxygen atoms in total. The standard InChI is InChI=1S/C49H45NO/c1-4-11-35(12-5-1)43-15-10-16-47-48(43)45-33-42(27-28-46(45)51-47)50(40-23-19-36(20-24-40)44-32-34-17-18-37(44)31-34)41-25-21-39(22-26-41)49(29-8-3-9-30-49)38-13-6-2-7-14-38/h1-2,4-7,10-16,19-28,33-34,37,44H,3,8-9,17-18,29-32H2. The molecule has 0 spiro atoms. The smallest absolute Gasteiger partial charge is 0.136 e. The fourth-order valence-electron chi connectivity index (χ4n) is 10.4. The van der Waals surface area contributed by atoms with Crippen LogP contribution in [0.15, 0.2) is 150 Å². The highest BCUT2D eigenvalue weighted by Crippen LogP contribution is 2.53. The highest BCUT2D eigenvalue weighted by molar-refractivity contribution is 6.13. The molecule has 2 bridgehead atoms. The molecule has 7 aromatic rings. The first-order valence-corrected chi connectivity index (χ1v) is 19.3. The quantitative estimate of drug-likeness (QED) is 0.169. The van der Waals surface area contributed by atoms with Gasteiger partial charge in [0, 0.05) is 33.2 Å². The largest absolute Gasteiger partial charge is 0.456 e. The van der Waals surface area contributed by atoms with Crippen LogP contribution in [0.2, 0.25) is 0 Å². The van der Waals surface area contributed by atoms with Crippen molar-refractivity contribution in [2.75, 3.05) is 4.90 Å². The maximum absolute atomic E-state index is 6.48. The van der Waals surface area contributed by atoms with E-state index in [0.29, 0.717) is 0 Å². The van der Waals surface area contributed by atoms with Gasteiger partial charge >= 0.3 is 0 Å². The van der Waals surface area contributed by atoms with Crippen molar-refractivity contribution in [2.45, 2.75) is 69.1 Å². The van der Waals surface area contributed by atoms with Crippen molar-refractivity contribution in [1.82, 2.24) is 0 Å². The summed E-state index contributed by atoms with van der Waals surface area (Å²) in [4.78, 5) is 2.45. The van der Waals surface area contributed by atoms with Crippen LogP contribution >= 0.6 is 0 Å². The summed E-state index contributed by atoms with van der Waals surface area (Å²) in [5.41, 5.74) is 12.3. The molecule has 0 radical (unpaired) electrons. The summed E-state index contributed by atoms with van der Waals surface area (Å²) < 4.78 is 6.48. The molecule has 3 aliphatic carbocycles. The highest BCUT2D eigenvalue weighted by atomic mass is 16.3. The molecule has 3 unspecified atom stereocenters. The average Bonchev–Trinajstić information content (AvgIpc) is 3.95. The van der Waals surface area contributed by atoms with Gasteiger partial charge in [0.05, 0.1) is 0 Å². The summed E-state index contributed by atoms with van der Waals surface area (Å²) in [5, 5.41) is 2.32. The van der Waals surface area contributed by atoms with E-state index >= 15 is 0 Å². The van der Waals surface area contributed by atoms with E-state index < -0.39 is 0 Å². The van der Waals surface area contributed by atoms with E-state index in [9.17, 15) is 0 Å². The van der Waals surface area contributed by atoms with Gasteiger partial charge in [-0.15, -0.1) is 0 Å². The van der Waals surface area contributed by atoms with Crippen molar-refractivity contribution in [3.05, 3.63) is 162 Å². The van der Waals surface area contributed by atoms with Gasteiger partial charge in [-0.1, -0.05) is 123 Å². The Morgan fingerprint density at radius 1 is 0.549 bits per heavy atom. The Hall–Kier alpha value is -5.08. The Balaban J connectivity index is 1.10. The molecule has 3 saturated carbocycles. The first-order chi connectivity index (χ1) is 25.2. The van der Waals surface area contributed by atoms with Gasteiger partial charge in [-0.25, -0.2) is 0 Å². The van der Waals surface area contributed by atoms with E-state index in [2.05, 4.69) is 150 Å². The molecule has 1 aromatic heterocycles. The van der Waals surface area contributed by atoms with Crippen molar-refractivity contribution in [3.8, 4) is 11.1 Å². The number of nitrogens with zero attached hydrogens (tertiary/aromatic N) is 1. The van der Waals surface area contributed by atoms with Crippen LogP contribution in [0.1, 0.15) is 80.4 Å². The number of furan rings is 1. The topological polar surface area (TPSA) is 16.4 Å². The summed E-state index contributed by atoms with van der Waals surface area (Å²) in [6, 6.07) is 54.3. The molecule has 10 rings (SSSR count). The lowest BCUT2D eigenvalue weighted by Gasteiger charge is -2.39. The van der Waals surface area contributed by atoms with E-state index in [1.807, 2.05) is 0 Å². The summed E-state index contributed by atoms with van der Waals surface area (Å²) in [6.45, 7) is 0. The van der Waals surface area contributed by atoms with Crippen LogP contribution in [0.25, 0.3) is 33.1 Å². The van der Waals surface area contributed by atoms with Gasteiger partial charge in [0.1, 0.15) is 11.2 Å². The SMILES string of the molecule is c1ccc(-c2cccc3oc4ccc(N(c5ccc(C6CC7CCC6C7)cc5)c5ccc(C6(c7ccccc7)CCCCC6)cc5)cc4c23)cc1. The zero-order valence-corrected chi connectivity index (χ0v) is 29.3. The average molecular weight is 664 g/mol. The van der Waals surface area contributed by atoms with Gasteiger partial charge in [0.2, 0.25) is 0 Å². The number of fused-ring (bicyclic) bond motifs is 5. The minimum atomic E-state index is 0.0770. The van der Waals surface area contributed by atoms with E-state index in [1.54, 1.807) is 0 Å². The third kappa shape index (κ3) is 5.30. The summed E-state index contributed by atoms with van der Waals surface area (Å²) in [5.74, 6) is 2.53. The molecule has 6 aromatic carbocycles.